The Kier molecular flexibility index (Phi) is 3.91. The van der Waals surface area contributed by atoms with E-state index in [0.717, 1.165) is 4.88 Å². The van der Waals surface area contributed by atoms with E-state index in [0.29, 0.717) is 11.4 Å². The molecule has 3 aromatic rings. The molecule has 122 valence electrons. The molecule has 1 aliphatic rings. The van der Waals surface area contributed by atoms with Crippen LogP contribution in [0.4, 0.5) is 11.4 Å². The van der Waals surface area contributed by atoms with Crippen LogP contribution in [0.5, 0.6) is 0 Å². The number of thiophene rings is 1. The Hall–Kier alpha value is -3.18. The largest absolute Gasteiger partial charge is 0.283 e. The molecule has 1 aromatic heterocycles. The van der Waals surface area contributed by atoms with E-state index in [1.54, 1.807) is 6.08 Å². The minimum Gasteiger partial charge on any atom is -0.267 e. The Morgan fingerprint density at radius 3 is 1.64 bits per heavy atom. The number of rotatable bonds is 3. The van der Waals surface area contributed by atoms with E-state index in [-0.39, 0.29) is 17.4 Å². The highest BCUT2D eigenvalue weighted by Gasteiger charge is 2.42. The molecule has 2 heterocycles. The number of nitrogens with zero attached hydrogens (tertiary/aromatic N) is 2. The molecule has 25 heavy (non-hydrogen) atoms. The third-order valence-electron chi connectivity index (χ3n) is 3.88. The number of para-hydroxylation sites is 2. The molecule has 1 fully saturated rings. The first kappa shape index (κ1) is 15.4. The number of amides is 2. The van der Waals surface area contributed by atoms with Gasteiger partial charge >= 0.3 is 0 Å². The third kappa shape index (κ3) is 2.75. The van der Waals surface area contributed by atoms with Crippen molar-refractivity contribution in [2.45, 2.75) is 0 Å². The smallest absolute Gasteiger partial charge is 0.267 e. The summed E-state index contributed by atoms with van der Waals surface area (Å²) in [4.78, 5) is 26.9. The summed E-state index contributed by atoms with van der Waals surface area (Å²) in [6, 6.07) is 22.2. The van der Waals surface area contributed by atoms with Gasteiger partial charge < -0.3 is 0 Å². The fourth-order valence-electron chi connectivity index (χ4n) is 2.74. The monoisotopic (exact) mass is 346 g/mol. The lowest BCUT2D eigenvalue weighted by Gasteiger charge is -2.27. The lowest BCUT2D eigenvalue weighted by atomic mass is 10.2. The maximum absolute atomic E-state index is 13.0. The van der Waals surface area contributed by atoms with Crippen molar-refractivity contribution in [3.8, 4) is 0 Å². The van der Waals surface area contributed by atoms with Gasteiger partial charge in [0.15, 0.2) is 0 Å². The summed E-state index contributed by atoms with van der Waals surface area (Å²) in [6.45, 7) is 0. The van der Waals surface area contributed by atoms with Gasteiger partial charge in [-0.15, -0.1) is 11.3 Å². The normalized spacial score (nSPS) is 14.3. The number of carbonyl (C=O) groups excluding carboxylic acids is 2. The van der Waals surface area contributed by atoms with Gasteiger partial charge in [-0.05, 0) is 41.8 Å². The Morgan fingerprint density at radius 2 is 1.20 bits per heavy atom. The predicted molar refractivity (Wildman–Crippen MR) is 100 cm³/mol. The molecule has 2 amide bonds. The Balaban J connectivity index is 1.85. The zero-order chi connectivity index (χ0) is 17.2. The molecular formula is C20H14N2O2S. The van der Waals surface area contributed by atoms with E-state index in [1.807, 2.05) is 78.2 Å². The average molecular weight is 346 g/mol. The van der Waals surface area contributed by atoms with Crippen LogP contribution in [0.1, 0.15) is 4.88 Å². The van der Waals surface area contributed by atoms with Crippen LogP contribution in [0.15, 0.2) is 83.7 Å². The van der Waals surface area contributed by atoms with Crippen molar-refractivity contribution in [3.63, 3.8) is 0 Å². The van der Waals surface area contributed by atoms with E-state index in [2.05, 4.69) is 0 Å². The molecule has 0 radical (unpaired) electrons. The van der Waals surface area contributed by atoms with Crippen molar-refractivity contribution >= 4 is 40.6 Å². The SMILES string of the molecule is O=C1C(=Cc2cccs2)C(=O)N(c2ccccc2)N1c1ccccc1. The molecule has 2 aromatic carbocycles. The fraction of sp³-hybridized carbons (Fsp3) is 0. The zero-order valence-electron chi connectivity index (χ0n) is 13.2. The number of hydrogen-bond donors (Lipinski definition) is 0. The molecule has 1 aliphatic heterocycles. The molecule has 4 rings (SSSR count). The van der Waals surface area contributed by atoms with Crippen molar-refractivity contribution in [3.05, 3.63) is 88.6 Å². The number of benzene rings is 2. The standard InChI is InChI=1S/C20H14N2O2S/c23-19-18(14-17-12-7-13-25-17)20(24)22(16-10-5-2-6-11-16)21(19)15-8-3-1-4-9-15/h1-14H. The Labute approximate surface area is 149 Å². The van der Waals surface area contributed by atoms with Gasteiger partial charge in [-0.3, -0.25) is 9.59 Å². The molecular weight excluding hydrogens is 332 g/mol. The Morgan fingerprint density at radius 1 is 0.680 bits per heavy atom. The van der Waals surface area contributed by atoms with E-state index >= 15 is 0 Å². The summed E-state index contributed by atoms with van der Waals surface area (Å²) in [7, 11) is 0. The first-order chi connectivity index (χ1) is 12.3. The molecule has 0 aliphatic carbocycles. The van der Waals surface area contributed by atoms with Crippen molar-refractivity contribution in [2.24, 2.45) is 0 Å². The number of hydrogen-bond acceptors (Lipinski definition) is 3. The van der Waals surface area contributed by atoms with Gasteiger partial charge in [-0.25, -0.2) is 10.0 Å². The minimum atomic E-state index is -0.326. The van der Waals surface area contributed by atoms with E-state index in [4.69, 9.17) is 0 Å². The predicted octanol–water partition coefficient (Wildman–Crippen LogP) is 4.13. The van der Waals surface area contributed by atoms with Crippen molar-refractivity contribution in [1.29, 1.82) is 0 Å². The van der Waals surface area contributed by atoms with Gasteiger partial charge in [-0.1, -0.05) is 42.5 Å². The summed E-state index contributed by atoms with van der Waals surface area (Å²) in [5.74, 6) is -0.651. The zero-order valence-corrected chi connectivity index (χ0v) is 14.0. The van der Waals surface area contributed by atoms with Crippen LogP contribution in [0.3, 0.4) is 0 Å². The molecule has 1 saturated heterocycles. The minimum absolute atomic E-state index is 0.162. The van der Waals surface area contributed by atoms with E-state index in [9.17, 15) is 9.59 Å². The molecule has 0 saturated carbocycles. The van der Waals surface area contributed by atoms with Gasteiger partial charge in [-0.2, -0.15) is 0 Å². The van der Waals surface area contributed by atoms with Gasteiger partial charge in [0.05, 0.1) is 11.4 Å². The van der Waals surface area contributed by atoms with Gasteiger partial charge in [0, 0.05) is 4.88 Å². The van der Waals surface area contributed by atoms with Crippen LogP contribution < -0.4 is 10.0 Å². The second-order valence-corrected chi connectivity index (χ2v) is 6.46. The maximum atomic E-state index is 13.0. The highest BCUT2D eigenvalue weighted by Crippen LogP contribution is 2.32. The van der Waals surface area contributed by atoms with Crippen molar-refractivity contribution in [2.75, 3.05) is 10.0 Å². The molecule has 0 N–H and O–H groups in total. The van der Waals surface area contributed by atoms with Crippen molar-refractivity contribution in [1.82, 2.24) is 0 Å². The quantitative estimate of drug-likeness (QED) is 0.528. The summed E-state index contributed by atoms with van der Waals surface area (Å²) in [5.41, 5.74) is 1.47. The summed E-state index contributed by atoms with van der Waals surface area (Å²) in [5, 5.41) is 4.77. The van der Waals surface area contributed by atoms with Gasteiger partial charge in [0.25, 0.3) is 11.8 Å². The average Bonchev–Trinajstić information content (AvgIpc) is 3.25. The highest BCUT2D eigenvalue weighted by atomic mass is 32.1. The second-order valence-electron chi connectivity index (χ2n) is 5.48. The molecule has 0 unspecified atom stereocenters. The third-order valence-corrected chi connectivity index (χ3v) is 4.70. The second kappa shape index (κ2) is 6.37. The first-order valence-corrected chi connectivity index (χ1v) is 8.68. The van der Waals surface area contributed by atoms with E-state index in [1.165, 1.54) is 21.4 Å². The van der Waals surface area contributed by atoms with Gasteiger partial charge in [0.1, 0.15) is 5.57 Å². The molecule has 0 atom stereocenters. The summed E-state index contributed by atoms with van der Waals surface area (Å²) < 4.78 is 0. The van der Waals surface area contributed by atoms with E-state index < -0.39 is 0 Å². The fourth-order valence-corrected chi connectivity index (χ4v) is 3.40. The molecule has 0 spiro atoms. The topological polar surface area (TPSA) is 40.6 Å². The number of hydrazine groups is 1. The number of carbonyl (C=O) groups is 2. The summed E-state index contributed by atoms with van der Waals surface area (Å²) in [6.07, 6.45) is 1.66. The van der Waals surface area contributed by atoms with Crippen LogP contribution in [0, 0.1) is 0 Å². The van der Waals surface area contributed by atoms with Gasteiger partial charge in [0.2, 0.25) is 0 Å². The highest BCUT2D eigenvalue weighted by molar-refractivity contribution is 7.10. The lowest BCUT2D eigenvalue weighted by molar-refractivity contribution is -0.116. The molecule has 4 nitrogen and oxygen atoms in total. The van der Waals surface area contributed by atoms with Crippen LogP contribution in [-0.2, 0) is 9.59 Å². The lowest BCUT2D eigenvalue weighted by Crippen LogP contribution is -2.41. The summed E-state index contributed by atoms with van der Waals surface area (Å²) >= 11 is 1.49. The van der Waals surface area contributed by atoms with Crippen molar-refractivity contribution < 1.29 is 9.59 Å². The van der Waals surface area contributed by atoms with Crippen LogP contribution in [0.25, 0.3) is 6.08 Å². The first-order valence-electron chi connectivity index (χ1n) is 7.80. The Bertz CT molecular complexity index is 875. The van der Waals surface area contributed by atoms with Crippen LogP contribution in [-0.4, -0.2) is 11.8 Å². The molecule has 0 bridgehead atoms. The molecule has 5 heteroatoms. The van der Waals surface area contributed by atoms with Crippen LogP contribution in [0.2, 0.25) is 0 Å². The number of anilines is 2. The van der Waals surface area contributed by atoms with Crippen LogP contribution >= 0.6 is 11.3 Å². The maximum Gasteiger partial charge on any atom is 0.283 e.